The van der Waals surface area contributed by atoms with Crippen molar-refractivity contribution >= 4 is 35.1 Å². The summed E-state index contributed by atoms with van der Waals surface area (Å²) in [7, 11) is 0. The highest BCUT2D eigenvalue weighted by Crippen LogP contribution is 2.27. The van der Waals surface area contributed by atoms with Gasteiger partial charge in [0.15, 0.2) is 0 Å². The van der Waals surface area contributed by atoms with Crippen LogP contribution in [0.2, 0.25) is 5.02 Å². The molecule has 1 aliphatic heterocycles. The van der Waals surface area contributed by atoms with Crippen molar-refractivity contribution in [2.75, 3.05) is 18.4 Å². The van der Waals surface area contributed by atoms with Gasteiger partial charge in [0, 0.05) is 25.7 Å². The maximum atomic E-state index is 12.7. The molecule has 1 aromatic carbocycles. The zero-order chi connectivity index (χ0) is 17.1. The summed E-state index contributed by atoms with van der Waals surface area (Å²) < 4.78 is 0. The summed E-state index contributed by atoms with van der Waals surface area (Å²) in [5, 5.41) is 12.1. The Hall–Kier alpha value is -2.08. The van der Waals surface area contributed by atoms with Gasteiger partial charge in [-0.05, 0) is 30.5 Å². The summed E-state index contributed by atoms with van der Waals surface area (Å²) in [5.74, 6) is -1.93. The van der Waals surface area contributed by atoms with Crippen molar-refractivity contribution in [2.24, 2.45) is 11.8 Å². The van der Waals surface area contributed by atoms with E-state index >= 15 is 0 Å². The van der Waals surface area contributed by atoms with E-state index in [4.69, 9.17) is 11.6 Å². The first-order valence-electron chi connectivity index (χ1n) is 7.37. The van der Waals surface area contributed by atoms with Gasteiger partial charge in [0.2, 0.25) is 5.91 Å². The number of carboxylic acids is 1. The fourth-order valence-corrected chi connectivity index (χ4v) is 3.04. The number of aliphatic carboxylic acids is 1. The van der Waals surface area contributed by atoms with E-state index in [-0.39, 0.29) is 34.9 Å². The molecule has 0 radical (unpaired) electrons. The van der Waals surface area contributed by atoms with Crippen LogP contribution in [0.15, 0.2) is 18.2 Å². The van der Waals surface area contributed by atoms with Crippen LogP contribution in [0, 0.1) is 11.8 Å². The number of piperidine rings is 1. The van der Waals surface area contributed by atoms with E-state index in [9.17, 15) is 19.5 Å². The Bertz CT molecular complexity index is 647. The molecule has 0 saturated carbocycles. The van der Waals surface area contributed by atoms with Crippen molar-refractivity contribution in [1.29, 1.82) is 0 Å². The molecular weight excluding hydrogens is 320 g/mol. The Kier molecular flexibility index (Phi) is 5.26. The molecule has 1 saturated heterocycles. The smallest absolute Gasteiger partial charge is 0.308 e. The van der Waals surface area contributed by atoms with E-state index in [1.54, 1.807) is 12.1 Å². The maximum Gasteiger partial charge on any atom is 0.308 e. The molecule has 0 aromatic heterocycles. The minimum absolute atomic E-state index is 0.103. The molecule has 2 unspecified atom stereocenters. The number of carbonyl (C=O) groups is 3. The third-order valence-corrected chi connectivity index (χ3v) is 4.14. The lowest BCUT2D eigenvalue weighted by Crippen LogP contribution is -2.45. The van der Waals surface area contributed by atoms with Gasteiger partial charge >= 0.3 is 5.97 Å². The normalized spacial score (nSPS) is 20.9. The molecule has 6 nitrogen and oxygen atoms in total. The highest BCUT2D eigenvalue weighted by Gasteiger charge is 2.32. The van der Waals surface area contributed by atoms with Crippen molar-refractivity contribution in [3.63, 3.8) is 0 Å². The van der Waals surface area contributed by atoms with E-state index in [1.165, 1.54) is 17.9 Å². The number of amides is 2. The molecule has 0 aliphatic carbocycles. The van der Waals surface area contributed by atoms with Gasteiger partial charge in [0.1, 0.15) is 0 Å². The first-order valence-corrected chi connectivity index (χ1v) is 7.75. The molecule has 124 valence electrons. The first kappa shape index (κ1) is 17.3. The third-order valence-electron chi connectivity index (χ3n) is 3.81. The topological polar surface area (TPSA) is 86.7 Å². The van der Waals surface area contributed by atoms with Gasteiger partial charge < -0.3 is 15.3 Å². The summed E-state index contributed by atoms with van der Waals surface area (Å²) in [4.78, 5) is 36.6. The number of nitrogens with zero attached hydrogens (tertiary/aromatic N) is 1. The van der Waals surface area contributed by atoms with E-state index in [0.717, 1.165) is 0 Å². The molecule has 1 aliphatic rings. The molecule has 2 rings (SSSR count). The molecule has 1 aromatic rings. The number of rotatable bonds is 3. The van der Waals surface area contributed by atoms with Crippen LogP contribution in [0.3, 0.4) is 0 Å². The van der Waals surface area contributed by atoms with Crippen LogP contribution in [0.1, 0.15) is 30.6 Å². The fraction of sp³-hybridized carbons (Fsp3) is 0.438. The van der Waals surface area contributed by atoms with Crippen molar-refractivity contribution in [3.05, 3.63) is 28.8 Å². The standard InChI is InChI=1S/C16H19ClN2O4/c1-9-5-11(16(22)23)8-19(7-9)15(21)13-6-12(18-10(2)20)3-4-14(13)17/h3-4,6,9,11H,5,7-8H2,1-2H3,(H,18,20)(H,22,23). The number of hydrogen-bond donors (Lipinski definition) is 2. The highest BCUT2D eigenvalue weighted by molar-refractivity contribution is 6.34. The van der Waals surface area contributed by atoms with Gasteiger partial charge in [-0.15, -0.1) is 0 Å². The molecule has 2 amide bonds. The Morgan fingerprint density at radius 2 is 2.00 bits per heavy atom. The number of hydrogen-bond acceptors (Lipinski definition) is 3. The van der Waals surface area contributed by atoms with Crippen LogP contribution < -0.4 is 5.32 Å². The summed E-state index contributed by atoms with van der Waals surface area (Å²) in [6.45, 7) is 3.95. The summed E-state index contributed by atoms with van der Waals surface area (Å²) in [6.07, 6.45) is 0.554. The number of carbonyl (C=O) groups excluding carboxylic acids is 2. The zero-order valence-corrected chi connectivity index (χ0v) is 13.8. The van der Waals surface area contributed by atoms with Gasteiger partial charge in [0.25, 0.3) is 5.91 Å². The van der Waals surface area contributed by atoms with E-state index in [2.05, 4.69) is 5.32 Å². The van der Waals surface area contributed by atoms with Gasteiger partial charge in [-0.3, -0.25) is 14.4 Å². The molecule has 1 heterocycles. The van der Waals surface area contributed by atoms with Crippen LogP contribution in [-0.2, 0) is 9.59 Å². The summed E-state index contributed by atoms with van der Waals surface area (Å²) in [5.41, 5.74) is 0.737. The van der Waals surface area contributed by atoms with Crippen LogP contribution in [0.5, 0.6) is 0 Å². The predicted molar refractivity (Wildman–Crippen MR) is 86.6 cm³/mol. The molecule has 1 fully saturated rings. The number of likely N-dealkylation sites (tertiary alicyclic amines) is 1. The highest BCUT2D eigenvalue weighted by atomic mass is 35.5. The van der Waals surface area contributed by atoms with Crippen molar-refractivity contribution in [2.45, 2.75) is 20.3 Å². The third kappa shape index (κ3) is 4.22. The van der Waals surface area contributed by atoms with E-state index in [0.29, 0.717) is 18.7 Å². The summed E-state index contributed by atoms with van der Waals surface area (Å²) >= 11 is 6.11. The van der Waals surface area contributed by atoms with Gasteiger partial charge in [-0.2, -0.15) is 0 Å². The second kappa shape index (κ2) is 7.00. The molecule has 0 spiro atoms. The minimum Gasteiger partial charge on any atom is -0.481 e. The molecule has 2 N–H and O–H groups in total. The minimum atomic E-state index is -0.896. The molecule has 2 atom stereocenters. The maximum absolute atomic E-state index is 12.7. The van der Waals surface area contributed by atoms with Crippen molar-refractivity contribution in [3.8, 4) is 0 Å². The second-order valence-corrected chi connectivity index (χ2v) is 6.37. The fourth-order valence-electron chi connectivity index (χ4n) is 2.84. The Morgan fingerprint density at radius 1 is 1.30 bits per heavy atom. The Balaban J connectivity index is 2.25. The predicted octanol–water partition coefficient (Wildman–Crippen LogP) is 2.48. The van der Waals surface area contributed by atoms with E-state index < -0.39 is 11.9 Å². The number of anilines is 1. The number of halogens is 1. The average molecular weight is 339 g/mol. The SMILES string of the molecule is CC(=O)Nc1ccc(Cl)c(C(=O)N2CC(C)CC(C(=O)O)C2)c1. The van der Waals surface area contributed by atoms with Crippen molar-refractivity contribution in [1.82, 2.24) is 4.90 Å². The van der Waals surface area contributed by atoms with Crippen LogP contribution in [-0.4, -0.2) is 40.9 Å². The zero-order valence-electron chi connectivity index (χ0n) is 13.0. The molecule has 0 bridgehead atoms. The quantitative estimate of drug-likeness (QED) is 0.886. The van der Waals surface area contributed by atoms with E-state index in [1.807, 2.05) is 6.92 Å². The number of carboxylic acid groups (broad SMARTS) is 1. The monoisotopic (exact) mass is 338 g/mol. The lowest BCUT2D eigenvalue weighted by molar-refractivity contribution is -0.143. The lowest BCUT2D eigenvalue weighted by atomic mass is 9.90. The van der Waals surface area contributed by atoms with Gasteiger partial charge in [-0.1, -0.05) is 18.5 Å². The summed E-state index contributed by atoms with van der Waals surface area (Å²) in [6, 6.07) is 4.67. The van der Waals surface area contributed by atoms with Crippen molar-refractivity contribution < 1.29 is 19.5 Å². The molecular formula is C16H19ClN2O4. The largest absolute Gasteiger partial charge is 0.481 e. The van der Waals surface area contributed by atoms with Crippen LogP contribution >= 0.6 is 11.6 Å². The second-order valence-electron chi connectivity index (χ2n) is 5.96. The van der Waals surface area contributed by atoms with Crippen LogP contribution in [0.25, 0.3) is 0 Å². The molecule has 23 heavy (non-hydrogen) atoms. The van der Waals surface area contributed by atoms with Gasteiger partial charge in [0.05, 0.1) is 16.5 Å². The Morgan fingerprint density at radius 3 is 2.61 bits per heavy atom. The Labute approximate surface area is 139 Å². The van der Waals surface area contributed by atoms with Gasteiger partial charge in [-0.25, -0.2) is 0 Å². The van der Waals surface area contributed by atoms with Crippen LogP contribution in [0.4, 0.5) is 5.69 Å². The average Bonchev–Trinajstić information content (AvgIpc) is 2.47. The number of benzene rings is 1. The lowest BCUT2D eigenvalue weighted by Gasteiger charge is -2.35. The molecule has 7 heteroatoms. The number of nitrogens with one attached hydrogen (secondary N) is 1. The first-order chi connectivity index (χ1) is 10.8.